The van der Waals surface area contributed by atoms with Gasteiger partial charge in [0.15, 0.2) is 0 Å². The first-order valence-corrected chi connectivity index (χ1v) is 5.46. The number of hydrogen-bond acceptors (Lipinski definition) is 0. The van der Waals surface area contributed by atoms with E-state index in [1.165, 1.54) is 44.9 Å². The quantitative estimate of drug-likeness (QED) is 0.466. The van der Waals surface area contributed by atoms with Crippen LogP contribution in [0.25, 0.3) is 0 Å². The predicted molar refractivity (Wildman–Crippen MR) is 57.4 cm³/mol. The van der Waals surface area contributed by atoms with Crippen molar-refractivity contribution in [2.45, 2.75) is 58.8 Å². The Morgan fingerprint density at radius 2 is 1.58 bits per heavy atom. The Morgan fingerprint density at radius 3 is 1.92 bits per heavy atom. The fraction of sp³-hybridized carbons (Fsp3) is 0.833. The molecule has 0 N–H and O–H groups in total. The van der Waals surface area contributed by atoms with Crippen LogP contribution in [-0.4, -0.2) is 0 Å². The summed E-state index contributed by atoms with van der Waals surface area (Å²) in [4.78, 5) is 0. The molecule has 0 fully saturated rings. The summed E-state index contributed by atoms with van der Waals surface area (Å²) in [5, 5.41) is 0. The summed E-state index contributed by atoms with van der Waals surface area (Å²) in [7, 11) is 0. The van der Waals surface area contributed by atoms with E-state index in [-0.39, 0.29) is 0 Å². The highest BCUT2D eigenvalue weighted by Gasteiger charge is 2.04. The Hall–Kier alpha value is -0.260. The monoisotopic (exact) mass is 168 g/mol. The first-order valence-electron chi connectivity index (χ1n) is 5.46. The van der Waals surface area contributed by atoms with Crippen LogP contribution >= 0.6 is 0 Å². The van der Waals surface area contributed by atoms with Gasteiger partial charge in [-0.05, 0) is 12.3 Å². The van der Waals surface area contributed by atoms with E-state index in [1.54, 1.807) is 0 Å². The van der Waals surface area contributed by atoms with Crippen molar-refractivity contribution in [3.05, 3.63) is 12.7 Å². The van der Waals surface area contributed by atoms with Gasteiger partial charge >= 0.3 is 0 Å². The van der Waals surface area contributed by atoms with Crippen molar-refractivity contribution in [1.82, 2.24) is 0 Å². The van der Waals surface area contributed by atoms with Crippen LogP contribution < -0.4 is 0 Å². The molecule has 0 aromatic rings. The van der Waals surface area contributed by atoms with Gasteiger partial charge in [0.05, 0.1) is 0 Å². The lowest BCUT2D eigenvalue weighted by atomic mass is 9.93. The molecule has 0 unspecified atom stereocenters. The normalized spacial score (nSPS) is 10.6. The lowest BCUT2D eigenvalue weighted by molar-refractivity contribution is 0.424. The smallest absolute Gasteiger partial charge is 0.0325 e. The second-order valence-electron chi connectivity index (χ2n) is 3.67. The van der Waals surface area contributed by atoms with Gasteiger partial charge in [0, 0.05) is 0 Å². The van der Waals surface area contributed by atoms with Gasteiger partial charge in [0.2, 0.25) is 0 Å². The zero-order valence-corrected chi connectivity index (χ0v) is 8.81. The number of hydrogen-bond donors (Lipinski definition) is 0. The number of allylic oxidation sites excluding steroid dienone is 1. The summed E-state index contributed by atoms with van der Waals surface area (Å²) in [6.07, 6.45) is 11.6. The maximum Gasteiger partial charge on any atom is -0.0325 e. The summed E-state index contributed by atoms with van der Waals surface area (Å²) in [5.74, 6) is 0.919. The fourth-order valence-electron chi connectivity index (χ4n) is 1.60. The highest BCUT2D eigenvalue weighted by atomic mass is 14.1. The summed E-state index contributed by atoms with van der Waals surface area (Å²) < 4.78 is 0. The van der Waals surface area contributed by atoms with Crippen molar-refractivity contribution < 1.29 is 0 Å². The summed E-state index contributed by atoms with van der Waals surface area (Å²) in [6, 6.07) is 0. The van der Waals surface area contributed by atoms with E-state index >= 15 is 0 Å². The van der Waals surface area contributed by atoms with E-state index < -0.39 is 0 Å². The fourth-order valence-corrected chi connectivity index (χ4v) is 1.60. The molecule has 0 aliphatic carbocycles. The molecule has 0 radical (unpaired) electrons. The second-order valence-corrected chi connectivity index (χ2v) is 3.67. The molecular weight excluding hydrogens is 144 g/mol. The van der Waals surface area contributed by atoms with E-state index in [1.807, 2.05) is 0 Å². The van der Waals surface area contributed by atoms with E-state index in [0.717, 1.165) is 5.92 Å². The minimum atomic E-state index is 0.919. The van der Waals surface area contributed by atoms with Gasteiger partial charge in [0.1, 0.15) is 0 Å². The summed E-state index contributed by atoms with van der Waals surface area (Å²) in [6.45, 7) is 8.35. The minimum Gasteiger partial charge on any atom is -0.103 e. The number of unbranched alkanes of at least 4 members (excludes halogenated alkanes) is 2. The van der Waals surface area contributed by atoms with Crippen LogP contribution in [0.3, 0.4) is 0 Å². The third-order valence-corrected chi connectivity index (χ3v) is 2.43. The van der Waals surface area contributed by atoms with Crippen LogP contribution in [0.15, 0.2) is 12.7 Å². The van der Waals surface area contributed by atoms with Crippen molar-refractivity contribution in [3.8, 4) is 0 Å². The first kappa shape index (κ1) is 11.7. The van der Waals surface area contributed by atoms with Gasteiger partial charge in [-0.15, -0.1) is 6.58 Å². The van der Waals surface area contributed by atoms with Gasteiger partial charge in [-0.1, -0.05) is 58.4 Å². The Bertz CT molecular complexity index is 86.2. The zero-order chi connectivity index (χ0) is 9.23. The zero-order valence-electron chi connectivity index (χ0n) is 8.81. The molecule has 0 heteroatoms. The molecule has 0 nitrogen and oxygen atoms in total. The predicted octanol–water partition coefficient (Wildman–Crippen LogP) is 4.56. The van der Waals surface area contributed by atoms with Crippen LogP contribution in [-0.2, 0) is 0 Å². The largest absolute Gasteiger partial charge is 0.103 e. The van der Waals surface area contributed by atoms with Crippen LogP contribution in [0.1, 0.15) is 58.8 Å². The SMILES string of the molecule is C=CCC(CCCC)CCCC. The molecule has 0 aliphatic heterocycles. The van der Waals surface area contributed by atoms with Crippen LogP contribution in [0.5, 0.6) is 0 Å². The van der Waals surface area contributed by atoms with Crippen molar-refractivity contribution in [2.24, 2.45) is 5.92 Å². The van der Waals surface area contributed by atoms with Crippen LogP contribution in [0.2, 0.25) is 0 Å². The standard InChI is InChI=1S/C12H24/c1-4-7-10-12(9-6-3)11-8-5-2/h6,12H,3-5,7-11H2,1-2H3. The maximum absolute atomic E-state index is 3.82. The first-order chi connectivity index (χ1) is 5.85. The second kappa shape index (κ2) is 8.83. The van der Waals surface area contributed by atoms with Crippen LogP contribution in [0, 0.1) is 5.92 Å². The van der Waals surface area contributed by atoms with Crippen molar-refractivity contribution in [3.63, 3.8) is 0 Å². The van der Waals surface area contributed by atoms with Gasteiger partial charge in [-0.2, -0.15) is 0 Å². The average Bonchev–Trinajstić information content (AvgIpc) is 2.10. The molecule has 0 bridgehead atoms. The number of rotatable bonds is 8. The topological polar surface area (TPSA) is 0 Å². The Labute approximate surface area is 78.1 Å². The highest BCUT2D eigenvalue weighted by Crippen LogP contribution is 2.19. The lowest BCUT2D eigenvalue weighted by Gasteiger charge is -2.13. The molecule has 0 heterocycles. The van der Waals surface area contributed by atoms with E-state index in [4.69, 9.17) is 0 Å². The molecule has 72 valence electrons. The molecule has 0 spiro atoms. The molecule has 0 rings (SSSR count). The highest BCUT2D eigenvalue weighted by molar-refractivity contribution is 4.73. The van der Waals surface area contributed by atoms with Gasteiger partial charge in [-0.3, -0.25) is 0 Å². The lowest BCUT2D eigenvalue weighted by Crippen LogP contribution is -1.98. The molecule has 0 aromatic heterocycles. The Kier molecular flexibility index (Phi) is 8.64. The molecule has 0 saturated heterocycles. The average molecular weight is 168 g/mol. The van der Waals surface area contributed by atoms with Crippen molar-refractivity contribution in [2.75, 3.05) is 0 Å². The molecular formula is C12H24. The third-order valence-electron chi connectivity index (χ3n) is 2.43. The van der Waals surface area contributed by atoms with Gasteiger partial charge in [0.25, 0.3) is 0 Å². The van der Waals surface area contributed by atoms with Crippen molar-refractivity contribution in [1.29, 1.82) is 0 Å². The van der Waals surface area contributed by atoms with Gasteiger partial charge in [-0.25, -0.2) is 0 Å². The summed E-state index contributed by atoms with van der Waals surface area (Å²) in [5.41, 5.74) is 0. The molecule has 0 saturated carbocycles. The maximum atomic E-state index is 3.82. The van der Waals surface area contributed by atoms with E-state index in [9.17, 15) is 0 Å². The molecule has 0 atom stereocenters. The van der Waals surface area contributed by atoms with Crippen molar-refractivity contribution >= 4 is 0 Å². The minimum absolute atomic E-state index is 0.919. The molecule has 0 aromatic carbocycles. The Balaban J connectivity index is 3.46. The van der Waals surface area contributed by atoms with E-state index in [2.05, 4.69) is 26.5 Å². The molecule has 0 amide bonds. The van der Waals surface area contributed by atoms with E-state index in [0.29, 0.717) is 0 Å². The summed E-state index contributed by atoms with van der Waals surface area (Å²) >= 11 is 0. The van der Waals surface area contributed by atoms with Crippen LogP contribution in [0.4, 0.5) is 0 Å². The van der Waals surface area contributed by atoms with Gasteiger partial charge < -0.3 is 0 Å². The third kappa shape index (κ3) is 6.45. The Morgan fingerprint density at radius 1 is 1.08 bits per heavy atom. The molecule has 0 aliphatic rings. The molecule has 12 heavy (non-hydrogen) atoms.